The average Bonchev–Trinajstić information content (AvgIpc) is 2.47. The summed E-state index contributed by atoms with van der Waals surface area (Å²) in [6, 6.07) is 8.40. The third-order valence-corrected chi connectivity index (χ3v) is 3.39. The van der Waals surface area contributed by atoms with Gasteiger partial charge in [-0.2, -0.15) is 0 Å². The molecule has 0 aliphatic carbocycles. The smallest absolute Gasteiger partial charge is 0.133 e. The molecule has 2 rings (SSSR count). The number of rotatable bonds is 6. The van der Waals surface area contributed by atoms with Crippen LogP contribution in [0.2, 0.25) is 0 Å². The minimum Gasteiger partial charge on any atom is -0.370 e. The van der Waals surface area contributed by atoms with Gasteiger partial charge in [0.25, 0.3) is 0 Å². The number of benzene rings is 1. The van der Waals surface area contributed by atoms with Crippen molar-refractivity contribution in [1.82, 2.24) is 9.97 Å². The first-order valence-corrected chi connectivity index (χ1v) is 7.41. The second-order valence-corrected chi connectivity index (χ2v) is 5.04. The van der Waals surface area contributed by atoms with Gasteiger partial charge in [0.2, 0.25) is 0 Å². The van der Waals surface area contributed by atoms with E-state index in [0.717, 1.165) is 37.3 Å². The fraction of sp³-hybridized carbons (Fsp3) is 0.412. The molecule has 1 aromatic carbocycles. The lowest BCUT2D eigenvalue weighted by atomic mass is 9.99. The molecule has 20 heavy (non-hydrogen) atoms. The predicted molar refractivity (Wildman–Crippen MR) is 85.0 cm³/mol. The van der Waals surface area contributed by atoms with Gasteiger partial charge in [0.15, 0.2) is 0 Å². The molecule has 0 fully saturated rings. The molecule has 0 radical (unpaired) electrons. The van der Waals surface area contributed by atoms with Crippen LogP contribution in [0.5, 0.6) is 0 Å². The van der Waals surface area contributed by atoms with E-state index >= 15 is 0 Å². The number of hydrogen-bond donors (Lipinski definition) is 1. The first-order valence-electron chi connectivity index (χ1n) is 7.41. The Morgan fingerprint density at radius 2 is 1.85 bits per heavy atom. The van der Waals surface area contributed by atoms with E-state index < -0.39 is 0 Å². The summed E-state index contributed by atoms with van der Waals surface area (Å²) in [4.78, 5) is 8.97. The van der Waals surface area contributed by atoms with Crippen LogP contribution in [0.3, 0.4) is 0 Å². The van der Waals surface area contributed by atoms with Crippen molar-refractivity contribution in [2.24, 2.45) is 0 Å². The highest BCUT2D eigenvalue weighted by Gasteiger charge is 2.13. The molecule has 0 unspecified atom stereocenters. The fourth-order valence-corrected chi connectivity index (χ4v) is 2.37. The largest absolute Gasteiger partial charge is 0.370 e. The van der Waals surface area contributed by atoms with E-state index in [4.69, 9.17) is 0 Å². The molecule has 0 aliphatic rings. The zero-order valence-electron chi connectivity index (χ0n) is 12.6. The molecule has 0 bridgehead atoms. The van der Waals surface area contributed by atoms with Gasteiger partial charge in [-0.3, -0.25) is 0 Å². The van der Waals surface area contributed by atoms with Gasteiger partial charge in [-0.05, 0) is 25.3 Å². The zero-order chi connectivity index (χ0) is 14.4. The Kier molecular flexibility index (Phi) is 5.10. The highest BCUT2D eigenvalue weighted by molar-refractivity contribution is 5.70. The quantitative estimate of drug-likeness (QED) is 0.853. The molecule has 3 heteroatoms. The Morgan fingerprint density at radius 3 is 2.55 bits per heavy atom. The summed E-state index contributed by atoms with van der Waals surface area (Å²) in [5.74, 6) is 0.988. The summed E-state index contributed by atoms with van der Waals surface area (Å²) in [5, 5.41) is 3.43. The second kappa shape index (κ2) is 7.04. The Hall–Kier alpha value is -1.90. The molecule has 1 N–H and O–H groups in total. The lowest BCUT2D eigenvalue weighted by Crippen LogP contribution is -2.08. The number of anilines is 1. The Bertz CT molecular complexity index is 564. The van der Waals surface area contributed by atoms with Crippen LogP contribution < -0.4 is 5.32 Å². The zero-order valence-corrected chi connectivity index (χ0v) is 12.6. The van der Waals surface area contributed by atoms with E-state index in [9.17, 15) is 0 Å². The third-order valence-electron chi connectivity index (χ3n) is 3.39. The molecule has 106 valence electrons. The first-order chi connectivity index (χ1) is 9.77. The van der Waals surface area contributed by atoms with Crippen molar-refractivity contribution in [1.29, 1.82) is 0 Å². The van der Waals surface area contributed by atoms with Crippen LogP contribution in [-0.4, -0.2) is 16.5 Å². The van der Waals surface area contributed by atoms with Crippen molar-refractivity contribution in [3.05, 3.63) is 41.7 Å². The molecular formula is C17H23N3. The Morgan fingerprint density at radius 1 is 1.05 bits per heavy atom. The summed E-state index contributed by atoms with van der Waals surface area (Å²) < 4.78 is 0. The maximum Gasteiger partial charge on any atom is 0.133 e. The summed E-state index contributed by atoms with van der Waals surface area (Å²) in [6.45, 7) is 7.43. The van der Waals surface area contributed by atoms with Crippen LogP contribution in [0.15, 0.2) is 30.6 Å². The summed E-state index contributed by atoms with van der Waals surface area (Å²) in [5.41, 5.74) is 4.76. The molecule has 2 aromatic rings. The van der Waals surface area contributed by atoms with E-state index in [0.29, 0.717) is 0 Å². The Labute approximate surface area is 121 Å². The standard InChI is InChI=1S/C17H23N3/c1-4-8-15-16(14-10-7-6-9-13(14)3)19-12-20-17(15)18-11-5-2/h6-7,9-10,12H,4-5,8,11H2,1-3H3,(H,18,19,20). The van der Waals surface area contributed by atoms with Crippen LogP contribution in [0, 0.1) is 6.92 Å². The first kappa shape index (κ1) is 14.5. The predicted octanol–water partition coefficient (Wildman–Crippen LogP) is 4.23. The Balaban J connectivity index is 2.49. The molecule has 0 atom stereocenters. The van der Waals surface area contributed by atoms with Crippen LogP contribution in [0.25, 0.3) is 11.3 Å². The number of aryl methyl sites for hydroxylation is 1. The van der Waals surface area contributed by atoms with Gasteiger partial charge in [-0.15, -0.1) is 0 Å². The van der Waals surface area contributed by atoms with Crippen molar-refractivity contribution in [3.63, 3.8) is 0 Å². The molecule has 3 nitrogen and oxygen atoms in total. The van der Waals surface area contributed by atoms with E-state index in [2.05, 4.69) is 60.3 Å². The van der Waals surface area contributed by atoms with Gasteiger partial charge in [0.1, 0.15) is 12.1 Å². The van der Waals surface area contributed by atoms with Gasteiger partial charge < -0.3 is 5.32 Å². The number of nitrogens with zero attached hydrogens (tertiary/aromatic N) is 2. The molecule has 1 aromatic heterocycles. The molecule has 0 aliphatic heterocycles. The molecule has 1 heterocycles. The van der Waals surface area contributed by atoms with E-state index in [-0.39, 0.29) is 0 Å². The molecule has 0 saturated carbocycles. The van der Waals surface area contributed by atoms with Crippen molar-refractivity contribution in [2.75, 3.05) is 11.9 Å². The molecule has 0 saturated heterocycles. The van der Waals surface area contributed by atoms with E-state index in [1.165, 1.54) is 16.7 Å². The SMILES string of the molecule is CCCNc1ncnc(-c2ccccc2C)c1CCC. The van der Waals surface area contributed by atoms with Crippen molar-refractivity contribution >= 4 is 5.82 Å². The van der Waals surface area contributed by atoms with Crippen LogP contribution in [-0.2, 0) is 6.42 Å². The minimum atomic E-state index is 0.945. The lowest BCUT2D eigenvalue weighted by molar-refractivity contribution is 0.892. The van der Waals surface area contributed by atoms with Crippen LogP contribution in [0.1, 0.15) is 37.8 Å². The highest BCUT2D eigenvalue weighted by atomic mass is 15.0. The van der Waals surface area contributed by atoms with Gasteiger partial charge in [0.05, 0.1) is 5.69 Å². The average molecular weight is 269 g/mol. The topological polar surface area (TPSA) is 37.8 Å². The van der Waals surface area contributed by atoms with E-state index in [1.807, 2.05) is 0 Å². The summed E-state index contributed by atoms with van der Waals surface area (Å²) in [7, 11) is 0. The van der Waals surface area contributed by atoms with Gasteiger partial charge >= 0.3 is 0 Å². The summed E-state index contributed by atoms with van der Waals surface area (Å²) >= 11 is 0. The van der Waals surface area contributed by atoms with Gasteiger partial charge in [-0.1, -0.05) is 44.5 Å². The number of hydrogen-bond acceptors (Lipinski definition) is 3. The fourth-order valence-electron chi connectivity index (χ4n) is 2.37. The molecular weight excluding hydrogens is 246 g/mol. The summed E-state index contributed by atoms with van der Waals surface area (Å²) in [6.07, 6.45) is 4.85. The van der Waals surface area contributed by atoms with Gasteiger partial charge in [-0.25, -0.2) is 9.97 Å². The van der Waals surface area contributed by atoms with Crippen LogP contribution in [0.4, 0.5) is 5.82 Å². The highest BCUT2D eigenvalue weighted by Crippen LogP contribution is 2.29. The molecule has 0 amide bonds. The van der Waals surface area contributed by atoms with Crippen molar-refractivity contribution in [2.45, 2.75) is 40.0 Å². The number of aromatic nitrogens is 2. The monoisotopic (exact) mass is 269 g/mol. The van der Waals surface area contributed by atoms with Crippen molar-refractivity contribution in [3.8, 4) is 11.3 Å². The van der Waals surface area contributed by atoms with Crippen molar-refractivity contribution < 1.29 is 0 Å². The minimum absolute atomic E-state index is 0.945. The number of nitrogens with one attached hydrogen (secondary N) is 1. The van der Waals surface area contributed by atoms with Crippen LogP contribution >= 0.6 is 0 Å². The third kappa shape index (κ3) is 3.16. The lowest BCUT2D eigenvalue weighted by Gasteiger charge is -2.15. The van der Waals surface area contributed by atoms with Gasteiger partial charge in [0, 0.05) is 17.7 Å². The maximum atomic E-state index is 4.55. The maximum absolute atomic E-state index is 4.55. The normalized spacial score (nSPS) is 10.6. The van der Waals surface area contributed by atoms with E-state index in [1.54, 1.807) is 6.33 Å². The molecule has 0 spiro atoms. The second-order valence-electron chi connectivity index (χ2n) is 5.04.